The third-order valence-electron chi connectivity index (χ3n) is 1.50. The molecular formula is C8H6Cl2F3NO. The minimum Gasteiger partial charge on any atom is -0.293 e. The molecule has 0 aliphatic carbocycles. The van der Waals surface area contributed by atoms with Gasteiger partial charge >= 0.3 is 6.18 Å². The van der Waals surface area contributed by atoms with Crippen molar-refractivity contribution in [3.05, 3.63) is 28.5 Å². The molecule has 2 nitrogen and oxygen atoms in total. The average molecular weight is 260 g/mol. The zero-order chi connectivity index (χ0) is 10.9. The van der Waals surface area contributed by atoms with Crippen molar-refractivity contribution in [2.75, 3.05) is 0 Å². The van der Waals surface area contributed by atoms with E-state index in [1.54, 1.807) is 0 Å². The van der Waals surface area contributed by atoms with Gasteiger partial charge in [0.05, 0.1) is 10.6 Å². The number of aromatic nitrogens is 1. The van der Waals surface area contributed by atoms with Crippen LogP contribution in [0.15, 0.2) is 12.3 Å². The van der Waals surface area contributed by atoms with E-state index >= 15 is 0 Å². The first-order valence-corrected chi connectivity index (χ1v) is 3.94. The van der Waals surface area contributed by atoms with E-state index in [-0.39, 0.29) is 23.1 Å². The van der Waals surface area contributed by atoms with Crippen LogP contribution in [-0.4, -0.2) is 10.8 Å². The van der Waals surface area contributed by atoms with Crippen molar-refractivity contribution in [1.82, 2.24) is 4.98 Å². The maximum atomic E-state index is 12.1. The summed E-state index contributed by atoms with van der Waals surface area (Å²) in [5, 5.41) is -0.285. The van der Waals surface area contributed by atoms with Gasteiger partial charge in [-0.05, 0) is 6.07 Å². The lowest BCUT2D eigenvalue weighted by Gasteiger charge is -2.07. The molecule has 1 aromatic rings. The van der Waals surface area contributed by atoms with Crippen LogP contribution in [0, 0.1) is 0 Å². The molecule has 0 amide bonds. The van der Waals surface area contributed by atoms with Crippen molar-refractivity contribution >= 4 is 29.8 Å². The SMILES string of the molecule is CC(=O)c1ncc(C(F)(F)F)cc1Cl.Cl. The van der Waals surface area contributed by atoms with Crippen LogP contribution < -0.4 is 0 Å². The Hall–Kier alpha value is -0.810. The summed E-state index contributed by atoms with van der Waals surface area (Å²) >= 11 is 5.45. The third kappa shape index (κ3) is 3.35. The second-order valence-corrected chi connectivity index (χ2v) is 3.02. The summed E-state index contributed by atoms with van der Waals surface area (Å²) in [6.45, 7) is 1.18. The highest BCUT2D eigenvalue weighted by atomic mass is 35.5. The molecule has 1 rings (SSSR count). The second-order valence-electron chi connectivity index (χ2n) is 2.61. The van der Waals surface area contributed by atoms with E-state index in [0.717, 1.165) is 0 Å². The number of carbonyl (C=O) groups excluding carboxylic acids is 1. The normalized spacial score (nSPS) is 10.7. The first kappa shape index (κ1) is 14.2. The Labute approximate surface area is 94.9 Å². The van der Waals surface area contributed by atoms with E-state index in [9.17, 15) is 18.0 Å². The number of Topliss-reactive ketones (excluding diaryl/α,β-unsaturated/α-hetero) is 1. The monoisotopic (exact) mass is 259 g/mol. The van der Waals surface area contributed by atoms with E-state index in [1.165, 1.54) is 6.92 Å². The Balaban J connectivity index is 0.00000196. The van der Waals surface area contributed by atoms with Gasteiger partial charge < -0.3 is 0 Å². The number of hydrogen-bond acceptors (Lipinski definition) is 2. The molecule has 7 heteroatoms. The first-order chi connectivity index (χ1) is 6.32. The molecule has 0 N–H and O–H groups in total. The zero-order valence-electron chi connectivity index (χ0n) is 7.43. The van der Waals surface area contributed by atoms with Crippen LogP contribution in [0.3, 0.4) is 0 Å². The van der Waals surface area contributed by atoms with Crippen LogP contribution in [0.25, 0.3) is 0 Å². The molecule has 0 aliphatic heterocycles. The predicted molar refractivity (Wildman–Crippen MR) is 51.5 cm³/mol. The zero-order valence-corrected chi connectivity index (χ0v) is 9.00. The lowest BCUT2D eigenvalue weighted by Crippen LogP contribution is -2.07. The van der Waals surface area contributed by atoms with E-state index in [1.807, 2.05) is 0 Å². The fourth-order valence-electron chi connectivity index (χ4n) is 0.852. The molecule has 0 bridgehead atoms. The van der Waals surface area contributed by atoms with E-state index < -0.39 is 17.5 Å². The summed E-state index contributed by atoms with van der Waals surface area (Å²) in [5.74, 6) is -0.469. The van der Waals surface area contributed by atoms with Gasteiger partial charge in [-0.2, -0.15) is 13.2 Å². The maximum Gasteiger partial charge on any atom is 0.417 e. The van der Waals surface area contributed by atoms with Gasteiger partial charge in [0.1, 0.15) is 5.69 Å². The van der Waals surface area contributed by atoms with Crippen molar-refractivity contribution in [3.8, 4) is 0 Å². The number of alkyl halides is 3. The quantitative estimate of drug-likeness (QED) is 0.724. The summed E-state index contributed by atoms with van der Waals surface area (Å²) in [7, 11) is 0. The standard InChI is InChI=1S/C8H5ClF3NO.ClH/c1-4(14)7-6(9)2-5(3-13-7)8(10,11)12;/h2-3H,1H3;1H. The van der Waals surface area contributed by atoms with Crippen LogP contribution in [0.1, 0.15) is 23.0 Å². The van der Waals surface area contributed by atoms with Gasteiger partial charge in [-0.1, -0.05) is 11.6 Å². The first-order valence-electron chi connectivity index (χ1n) is 3.56. The van der Waals surface area contributed by atoms with Crippen LogP contribution in [-0.2, 0) is 6.18 Å². The Morgan fingerprint density at radius 3 is 2.33 bits per heavy atom. The summed E-state index contributed by atoms with van der Waals surface area (Å²) < 4.78 is 36.4. The molecule has 0 unspecified atom stereocenters. The number of halogens is 5. The fraction of sp³-hybridized carbons (Fsp3) is 0.250. The van der Waals surface area contributed by atoms with Crippen LogP contribution in [0.4, 0.5) is 13.2 Å². The minimum absolute atomic E-state index is 0. The molecule has 0 aromatic carbocycles. The highest BCUT2D eigenvalue weighted by Gasteiger charge is 2.31. The number of rotatable bonds is 1. The van der Waals surface area contributed by atoms with Gasteiger partial charge in [0.25, 0.3) is 0 Å². The molecule has 0 radical (unpaired) electrons. The number of hydrogen-bond donors (Lipinski definition) is 0. The van der Waals surface area contributed by atoms with Crippen molar-refractivity contribution in [2.45, 2.75) is 13.1 Å². The Morgan fingerprint density at radius 2 is 2.00 bits per heavy atom. The molecule has 0 aliphatic rings. The lowest BCUT2D eigenvalue weighted by molar-refractivity contribution is -0.137. The number of nitrogens with zero attached hydrogens (tertiary/aromatic N) is 1. The van der Waals surface area contributed by atoms with Gasteiger partial charge in [-0.25, -0.2) is 0 Å². The summed E-state index contributed by atoms with van der Waals surface area (Å²) in [5.41, 5.74) is -1.12. The molecule has 0 saturated carbocycles. The van der Waals surface area contributed by atoms with Gasteiger partial charge in [-0.3, -0.25) is 9.78 Å². The number of carbonyl (C=O) groups is 1. The highest BCUT2D eigenvalue weighted by molar-refractivity contribution is 6.33. The van der Waals surface area contributed by atoms with E-state index in [0.29, 0.717) is 12.3 Å². The molecule has 0 atom stereocenters. The smallest absolute Gasteiger partial charge is 0.293 e. The molecule has 84 valence electrons. The minimum atomic E-state index is -4.49. The van der Waals surface area contributed by atoms with Gasteiger partial charge in [0.15, 0.2) is 5.78 Å². The van der Waals surface area contributed by atoms with Crippen LogP contribution in [0.5, 0.6) is 0 Å². The van der Waals surface area contributed by atoms with Crippen molar-refractivity contribution in [1.29, 1.82) is 0 Å². The van der Waals surface area contributed by atoms with Gasteiger partial charge in [-0.15, -0.1) is 12.4 Å². The van der Waals surface area contributed by atoms with Crippen LogP contribution in [0.2, 0.25) is 5.02 Å². The van der Waals surface area contributed by atoms with Crippen LogP contribution >= 0.6 is 24.0 Å². The summed E-state index contributed by atoms with van der Waals surface area (Å²) in [4.78, 5) is 14.1. The predicted octanol–water partition coefficient (Wildman–Crippen LogP) is 3.38. The van der Waals surface area contributed by atoms with Crippen molar-refractivity contribution < 1.29 is 18.0 Å². The van der Waals surface area contributed by atoms with E-state index in [2.05, 4.69) is 4.98 Å². The van der Waals surface area contributed by atoms with Crippen molar-refractivity contribution in [3.63, 3.8) is 0 Å². The van der Waals surface area contributed by atoms with Crippen molar-refractivity contribution in [2.24, 2.45) is 0 Å². The summed E-state index contributed by atoms with van der Waals surface area (Å²) in [6.07, 6.45) is -3.91. The molecule has 0 fully saturated rings. The molecule has 1 aromatic heterocycles. The van der Waals surface area contributed by atoms with E-state index in [4.69, 9.17) is 11.6 Å². The third-order valence-corrected chi connectivity index (χ3v) is 1.79. The number of pyridine rings is 1. The molecule has 0 saturated heterocycles. The topological polar surface area (TPSA) is 30.0 Å². The Kier molecular flexibility index (Phi) is 4.55. The lowest BCUT2D eigenvalue weighted by atomic mass is 10.2. The Bertz CT molecular complexity index is 379. The van der Waals surface area contributed by atoms with Gasteiger partial charge in [0, 0.05) is 13.1 Å². The summed E-state index contributed by atoms with van der Waals surface area (Å²) in [6, 6.07) is 0.686. The van der Waals surface area contributed by atoms with Gasteiger partial charge in [0.2, 0.25) is 0 Å². The molecule has 0 spiro atoms. The highest BCUT2D eigenvalue weighted by Crippen LogP contribution is 2.30. The molecule has 1 heterocycles. The molecule has 15 heavy (non-hydrogen) atoms. The molecular weight excluding hydrogens is 254 g/mol. The largest absolute Gasteiger partial charge is 0.417 e. The fourth-order valence-corrected chi connectivity index (χ4v) is 1.15. The maximum absolute atomic E-state index is 12.1. The number of ketones is 1. The Morgan fingerprint density at radius 1 is 1.47 bits per heavy atom. The second kappa shape index (κ2) is 4.81. The average Bonchev–Trinajstić information content (AvgIpc) is 2.01.